The summed E-state index contributed by atoms with van der Waals surface area (Å²) in [6, 6.07) is 1.00. The fourth-order valence-corrected chi connectivity index (χ4v) is 2.76. The van der Waals surface area contributed by atoms with Crippen molar-refractivity contribution in [3.05, 3.63) is 0 Å². The Labute approximate surface area is 109 Å². The van der Waals surface area contributed by atoms with Gasteiger partial charge in [-0.25, -0.2) is 0 Å². The lowest BCUT2D eigenvalue weighted by molar-refractivity contribution is -0.136. The van der Waals surface area contributed by atoms with Gasteiger partial charge in [-0.05, 0) is 26.2 Å². The van der Waals surface area contributed by atoms with Crippen LogP contribution in [0.2, 0.25) is 0 Å². The topological polar surface area (TPSA) is 50.8 Å². The molecule has 5 heteroatoms. The first-order chi connectivity index (χ1) is 8.70. The molecule has 1 N–H and O–H groups in total. The Morgan fingerprint density at radius 1 is 1.39 bits per heavy atom. The van der Waals surface area contributed by atoms with Crippen molar-refractivity contribution in [2.24, 2.45) is 0 Å². The van der Waals surface area contributed by atoms with Gasteiger partial charge in [-0.15, -0.1) is 0 Å². The number of nitrogens with zero attached hydrogens (tertiary/aromatic N) is 1. The highest BCUT2D eigenvalue weighted by Crippen LogP contribution is 2.17. The fraction of sp³-hybridized carbons (Fsp3) is 0.923. The van der Waals surface area contributed by atoms with Gasteiger partial charge in [0.15, 0.2) is 0 Å². The molecule has 0 aromatic carbocycles. The lowest BCUT2D eigenvalue weighted by Crippen LogP contribution is -2.49. The summed E-state index contributed by atoms with van der Waals surface area (Å²) in [5, 5.41) is 3.66. The zero-order chi connectivity index (χ0) is 13.0. The highest BCUT2D eigenvalue weighted by Gasteiger charge is 2.29. The molecule has 1 amide bonds. The Morgan fingerprint density at radius 2 is 2.11 bits per heavy atom. The van der Waals surface area contributed by atoms with Gasteiger partial charge in [0, 0.05) is 38.9 Å². The van der Waals surface area contributed by atoms with Crippen molar-refractivity contribution in [2.45, 2.75) is 44.4 Å². The van der Waals surface area contributed by atoms with Gasteiger partial charge in [-0.3, -0.25) is 4.79 Å². The second-order valence-corrected chi connectivity index (χ2v) is 5.23. The van der Waals surface area contributed by atoms with Crippen molar-refractivity contribution in [2.75, 3.05) is 33.4 Å². The number of amides is 1. The van der Waals surface area contributed by atoms with E-state index < -0.39 is 0 Å². The Bertz CT molecular complexity index is 277. The number of hydrogen-bond acceptors (Lipinski definition) is 4. The first-order valence-electron chi connectivity index (χ1n) is 6.85. The number of methoxy groups -OCH3 is 1. The molecular weight excluding hydrogens is 232 g/mol. The summed E-state index contributed by atoms with van der Waals surface area (Å²) >= 11 is 0. The molecule has 0 aliphatic carbocycles. The summed E-state index contributed by atoms with van der Waals surface area (Å²) in [6.07, 6.45) is 3.47. The molecule has 5 nitrogen and oxygen atoms in total. The van der Waals surface area contributed by atoms with Crippen LogP contribution in [0.3, 0.4) is 0 Å². The van der Waals surface area contributed by atoms with Crippen molar-refractivity contribution >= 4 is 5.91 Å². The van der Waals surface area contributed by atoms with E-state index in [0.29, 0.717) is 18.2 Å². The molecule has 0 spiro atoms. The summed E-state index contributed by atoms with van der Waals surface area (Å²) in [5.41, 5.74) is 0. The maximum absolute atomic E-state index is 11.7. The third kappa shape index (κ3) is 3.43. The maximum atomic E-state index is 11.7. The minimum absolute atomic E-state index is 0.105. The van der Waals surface area contributed by atoms with Crippen LogP contribution >= 0.6 is 0 Å². The molecule has 2 atom stereocenters. The minimum atomic E-state index is 0.105. The third-order valence-electron chi connectivity index (χ3n) is 3.94. The van der Waals surface area contributed by atoms with E-state index in [2.05, 4.69) is 12.2 Å². The SMILES string of the molecule is COCC(=O)N1CCC(NC2CCOC2C)CC1. The molecular formula is C13H24N2O3. The number of carbonyl (C=O) groups excluding carboxylic acids is 1. The predicted molar refractivity (Wildman–Crippen MR) is 68.4 cm³/mol. The smallest absolute Gasteiger partial charge is 0.248 e. The molecule has 0 bridgehead atoms. The van der Waals surface area contributed by atoms with E-state index in [-0.39, 0.29) is 12.5 Å². The number of carbonyl (C=O) groups is 1. The quantitative estimate of drug-likeness (QED) is 0.790. The Hall–Kier alpha value is -0.650. The molecule has 2 heterocycles. The van der Waals surface area contributed by atoms with Crippen molar-refractivity contribution in [3.8, 4) is 0 Å². The van der Waals surface area contributed by atoms with E-state index in [1.807, 2.05) is 4.90 Å². The summed E-state index contributed by atoms with van der Waals surface area (Å²) in [7, 11) is 1.56. The Kier molecular flexibility index (Phi) is 4.97. The summed E-state index contributed by atoms with van der Waals surface area (Å²) in [4.78, 5) is 13.6. The number of piperidine rings is 1. The van der Waals surface area contributed by atoms with E-state index in [0.717, 1.165) is 39.0 Å². The van der Waals surface area contributed by atoms with E-state index in [1.165, 1.54) is 0 Å². The number of rotatable bonds is 4. The zero-order valence-corrected chi connectivity index (χ0v) is 11.4. The van der Waals surface area contributed by atoms with Crippen LogP contribution in [-0.2, 0) is 14.3 Å². The van der Waals surface area contributed by atoms with E-state index in [9.17, 15) is 4.79 Å². The molecule has 2 saturated heterocycles. The highest BCUT2D eigenvalue weighted by atomic mass is 16.5. The number of nitrogens with one attached hydrogen (secondary N) is 1. The van der Waals surface area contributed by atoms with Crippen LogP contribution in [0.25, 0.3) is 0 Å². The second-order valence-electron chi connectivity index (χ2n) is 5.23. The van der Waals surface area contributed by atoms with E-state index in [1.54, 1.807) is 7.11 Å². The standard InChI is InChI=1S/C13H24N2O3/c1-10-12(5-8-18-10)14-11-3-6-15(7-4-11)13(16)9-17-2/h10-12,14H,3-9H2,1-2H3. The lowest BCUT2D eigenvalue weighted by atomic mass is 10.0. The second kappa shape index (κ2) is 6.50. The van der Waals surface area contributed by atoms with Gasteiger partial charge in [-0.1, -0.05) is 0 Å². The minimum Gasteiger partial charge on any atom is -0.377 e. The number of likely N-dealkylation sites (tertiary alicyclic amines) is 1. The molecule has 2 fully saturated rings. The van der Waals surface area contributed by atoms with Gasteiger partial charge in [0.25, 0.3) is 0 Å². The first kappa shape index (κ1) is 13.8. The number of hydrogen-bond donors (Lipinski definition) is 1. The van der Waals surface area contributed by atoms with Crippen LogP contribution in [0.4, 0.5) is 0 Å². The molecule has 2 aliphatic rings. The first-order valence-corrected chi connectivity index (χ1v) is 6.85. The number of ether oxygens (including phenoxy) is 2. The normalized spacial score (nSPS) is 29.8. The molecule has 2 unspecified atom stereocenters. The molecule has 2 aliphatic heterocycles. The van der Waals surface area contributed by atoms with Gasteiger partial charge in [0.1, 0.15) is 6.61 Å². The van der Waals surface area contributed by atoms with Crippen LogP contribution < -0.4 is 5.32 Å². The van der Waals surface area contributed by atoms with Crippen molar-refractivity contribution < 1.29 is 14.3 Å². The molecule has 0 saturated carbocycles. The van der Waals surface area contributed by atoms with Gasteiger partial charge in [0.05, 0.1) is 6.10 Å². The van der Waals surface area contributed by atoms with Gasteiger partial charge in [-0.2, -0.15) is 0 Å². The lowest BCUT2D eigenvalue weighted by Gasteiger charge is -2.34. The van der Waals surface area contributed by atoms with Crippen LogP contribution in [0.15, 0.2) is 0 Å². The molecule has 18 heavy (non-hydrogen) atoms. The average molecular weight is 256 g/mol. The maximum Gasteiger partial charge on any atom is 0.248 e. The van der Waals surface area contributed by atoms with Crippen LogP contribution in [0.5, 0.6) is 0 Å². The van der Waals surface area contributed by atoms with Crippen LogP contribution in [-0.4, -0.2) is 62.4 Å². The predicted octanol–water partition coefficient (Wildman–Crippen LogP) is 0.391. The third-order valence-corrected chi connectivity index (χ3v) is 3.94. The Balaban J connectivity index is 1.71. The molecule has 0 aromatic heterocycles. The van der Waals surface area contributed by atoms with Crippen molar-refractivity contribution in [3.63, 3.8) is 0 Å². The van der Waals surface area contributed by atoms with Crippen LogP contribution in [0.1, 0.15) is 26.2 Å². The van der Waals surface area contributed by atoms with Crippen LogP contribution in [0, 0.1) is 0 Å². The summed E-state index contributed by atoms with van der Waals surface area (Å²) < 4.78 is 10.4. The van der Waals surface area contributed by atoms with E-state index >= 15 is 0 Å². The summed E-state index contributed by atoms with van der Waals surface area (Å²) in [5.74, 6) is 0.105. The molecule has 104 valence electrons. The largest absolute Gasteiger partial charge is 0.377 e. The monoisotopic (exact) mass is 256 g/mol. The Morgan fingerprint density at radius 3 is 2.67 bits per heavy atom. The molecule has 0 radical (unpaired) electrons. The fourth-order valence-electron chi connectivity index (χ4n) is 2.76. The molecule has 2 rings (SSSR count). The zero-order valence-electron chi connectivity index (χ0n) is 11.4. The van der Waals surface area contributed by atoms with Gasteiger partial charge < -0.3 is 19.7 Å². The van der Waals surface area contributed by atoms with Gasteiger partial charge in [0.2, 0.25) is 5.91 Å². The average Bonchev–Trinajstić information content (AvgIpc) is 2.76. The van der Waals surface area contributed by atoms with E-state index in [4.69, 9.17) is 9.47 Å². The summed E-state index contributed by atoms with van der Waals surface area (Å²) in [6.45, 7) is 4.86. The molecule has 0 aromatic rings. The van der Waals surface area contributed by atoms with Crippen molar-refractivity contribution in [1.29, 1.82) is 0 Å². The highest BCUT2D eigenvalue weighted by molar-refractivity contribution is 5.77. The van der Waals surface area contributed by atoms with Crippen molar-refractivity contribution in [1.82, 2.24) is 10.2 Å². The van der Waals surface area contributed by atoms with Gasteiger partial charge >= 0.3 is 0 Å².